The fourth-order valence-electron chi connectivity index (χ4n) is 5.66. The normalized spacial score (nSPS) is 24.3. The van der Waals surface area contributed by atoms with Crippen molar-refractivity contribution >= 4 is 23.6 Å². The first-order valence-electron chi connectivity index (χ1n) is 17.5. The van der Waals surface area contributed by atoms with Crippen molar-refractivity contribution in [2.24, 2.45) is 11.8 Å². The summed E-state index contributed by atoms with van der Waals surface area (Å²) in [4.78, 5) is 51.5. The zero-order valence-corrected chi connectivity index (χ0v) is 29.5. The molecule has 0 aromatic rings. The van der Waals surface area contributed by atoms with Crippen molar-refractivity contribution in [3.8, 4) is 0 Å². The lowest BCUT2D eigenvalue weighted by atomic mass is 9.96. The molecule has 14 nitrogen and oxygen atoms in total. The van der Waals surface area contributed by atoms with Crippen LogP contribution in [0.2, 0.25) is 0 Å². The molecule has 1 amide bonds. The number of ketones is 1. The van der Waals surface area contributed by atoms with Crippen LogP contribution in [0.5, 0.6) is 0 Å². The van der Waals surface area contributed by atoms with Gasteiger partial charge in [-0.1, -0.05) is 53.9 Å². The first kappa shape index (κ1) is 43.8. The summed E-state index contributed by atoms with van der Waals surface area (Å²) < 4.78 is 22.6. The third-order valence-electron chi connectivity index (χ3n) is 8.20. The highest BCUT2D eigenvalue weighted by Gasteiger charge is 2.43. The number of aliphatic hydroxyl groups excluding tert-OH is 5. The van der Waals surface area contributed by atoms with Crippen LogP contribution in [0.4, 0.5) is 0 Å². The van der Waals surface area contributed by atoms with Gasteiger partial charge in [0, 0.05) is 12.8 Å². The maximum atomic E-state index is 13.0. The number of Topliss-reactive ketones (excluding diaryl/α,β-unsaturated/α-hetero) is 1. The van der Waals surface area contributed by atoms with E-state index in [1.807, 2.05) is 34.6 Å². The number of nitrogens with one attached hydrogen (secondary N) is 1. The number of ether oxygens (including phenoxy) is 4. The summed E-state index contributed by atoms with van der Waals surface area (Å²) in [6.45, 7) is 10.2. The second-order valence-electron chi connectivity index (χ2n) is 13.3. The van der Waals surface area contributed by atoms with Gasteiger partial charge in [-0.3, -0.25) is 19.2 Å². The molecule has 1 fully saturated rings. The number of hydrogen-bond acceptors (Lipinski definition) is 13. The van der Waals surface area contributed by atoms with Crippen LogP contribution in [0.15, 0.2) is 0 Å². The maximum absolute atomic E-state index is 13.0. The van der Waals surface area contributed by atoms with Gasteiger partial charge in [-0.05, 0) is 38.5 Å². The molecule has 0 aromatic carbocycles. The standard InChI is InChI=1S/C34H61NO13/c1-7-10-25(15-24(38)14-22(18-36)33(44)35-23(19-37)13-20(4)5)46-28(39)16-26(11-8-2)47-29(40)17-27(12-9-3)48-34-32(43)31(42)30(41)21(6)45-34/h20-23,25-27,30-32,34,36-37,41-43H,7-19H2,1-6H3,(H,35,44). The summed E-state index contributed by atoms with van der Waals surface area (Å²) in [6, 6.07) is -0.489. The Kier molecular flexibility index (Phi) is 21.2. The predicted octanol–water partition coefficient (Wildman–Crippen LogP) is 1.68. The van der Waals surface area contributed by atoms with E-state index in [0.717, 1.165) is 0 Å². The van der Waals surface area contributed by atoms with Crippen molar-refractivity contribution in [1.29, 1.82) is 0 Å². The molecule has 6 N–H and O–H groups in total. The zero-order valence-electron chi connectivity index (χ0n) is 29.5. The van der Waals surface area contributed by atoms with Crippen LogP contribution in [0, 0.1) is 11.8 Å². The Bertz CT molecular complexity index is 963. The summed E-state index contributed by atoms with van der Waals surface area (Å²) in [5, 5.41) is 52.4. The Morgan fingerprint density at radius 3 is 1.75 bits per heavy atom. The Hall–Kier alpha value is -2.20. The van der Waals surface area contributed by atoms with Crippen LogP contribution in [0.1, 0.15) is 112 Å². The van der Waals surface area contributed by atoms with Crippen LogP contribution in [0.25, 0.3) is 0 Å². The Balaban J connectivity index is 2.76. The van der Waals surface area contributed by atoms with Gasteiger partial charge in [-0.25, -0.2) is 0 Å². The van der Waals surface area contributed by atoms with E-state index < -0.39 is 85.4 Å². The number of carbonyl (C=O) groups excluding carboxylic acids is 4. The van der Waals surface area contributed by atoms with Gasteiger partial charge in [0.05, 0.1) is 50.2 Å². The lowest BCUT2D eigenvalue weighted by molar-refractivity contribution is -0.304. The molecule has 0 aliphatic carbocycles. The van der Waals surface area contributed by atoms with Crippen molar-refractivity contribution in [3.05, 3.63) is 0 Å². The topological polar surface area (TPSA) is 218 Å². The quantitative estimate of drug-likeness (QED) is 0.0795. The van der Waals surface area contributed by atoms with Crippen molar-refractivity contribution in [2.75, 3.05) is 13.2 Å². The number of carbonyl (C=O) groups is 4. The van der Waals surface area contributed by atoms with Crippen LogP contribution >= 0.6 is 0 Å². The Morgan fingerprint density at radius 2 is 1.25 bits per heavy atom. The summed E-state index contributed by atoms with van der Waals surface area (Å²) in [7, 11) is 0. The molecule has 1 saturated heterocycles. The van der Waals surface area contributed by atoms with Gasteiger partial charge >= 0.3 is 11.9 Å². The van der Waals surface area contributed by atoms with Crippen molar-refractivity contribution in [2.45, 2.75) is 167 Å². The van der Waals surface area contributed by atoms with Crippen LogP contribution in [-0.4, -0.2) is 117 Å². The molecular weight excluding hydrogens is 630 g/mol. The predicted molar refractivity (Wildman–Crippen MR) is 174 cm³/mol. The molecule has 10 atom stereocenters. The van der Waals surface area contributed by atoms with Crippen LogP contribution in [0.3, 0.4) is 0 Å². The van der Waals surface area contributed by atoms with E-state index in [4.69, 9.17) is 18.9 Å². The highest BCUT2D eigenvalue weighted by Crippen LogP contribution is 2.25. The molecule has 48 heavy (non-hydrogen) atoms. The molecule has 1 heterocycles. The first-order valence-corrected chi connectivity index (χ1v) is 17.5. The second-order valence-corrected chi connectivity index (χ2v) is 13.3. The average molecular weight is 692 g/mol. The molecule has 0 bridgehead atoms. The van der Waals surface area contributed by atoms with Gasteiger partial charge in [-0.15, -0.1) is 0 Å². The van der Waals surface area contributed by atoms with Crippen molar-refractivity contribution in [3.63, 3.8) is 0 Å². The lowest BCUT2D eigenvalue weighted by Gasteiger charge is -2.40. The minimum atomic E-state index is -1.52. The summed E-state index contributed by atoms with van der Waals surface area (Å²) in [5.41, 5.74) is 0. The fraction of sp³-hybridized carbons (Fsp3) is 0.882. The summed E-state index contributed by atoms with van der Waals surface area (Å²) >= 11 is 0. The van der Waals surface area contributed by atoms with Crippen LogP contribution < -0.4 is 5.32 Å². The third kappa shape index (κ3) is 16.0. The largest absolute Gasteiger partial charge is 0.462 e. The van der Waals surface area contributed by atoms with Gasteiger partial charge in [0.2, 0.25) is 5.91 Å². The molecule has 0 radical (unpaired) electrons. The van der Waals surface area contributed by atoms with E-state index >= 15 is 0 Å². The van der Waals surface area contributed by atoms with E-state index in [-0.39, 0.29) is 44.0 Å². The second kappa shape index (κ2) is 23.2. The molecule has 10 unspecified atom stereocenters. The minimum absolute atomic E-state index is 0.146. The molecule has 0 saturated carbocycles. The minimum Gasteiger partial charge on any atom is -0.462 e. The van der Waals surface area contributed by atoms with E-state index in [1.165, 1.54) is 6.92 Å². The number of amides is 1. The molecule has 1 aliphatic heterocycles. The number of hydrogen-bond donors (Lipinski definition) is 6. The zero-order chi connectivity index (χ0) is 36.4. The molecule has 280 valence electrons. The SMILES string of the molecule is CCCC(CC(=O)CC(CO)C(=O)NC(CO)CC(C)C)OC(=O)CC(CCC)OC(=O)CC(CCC)OC1OC(C)C(O)C(O)C1O. The molecule has 14 heteroatoms. The molecule has 0 spiro atoms. The Labute approximate surface area is 284 Å². The van der Waals surface area contributed by atoms with Gasteiger partial charge in [0.15, 0.2) is 6.29 Å². The lowest BCUT2D eigenvalue weighted by Crippen LogP contribution is -2.58. The smallest absolute Gasteiger partial charge is 0.309 e. The van der Waals surface area contributed by atoms with Crippen molar-refractivity contribution < 1.29 is 63.7 Å². The molecule has 1 aliphatic rings. The van der Waals surface area contributed by atoms with E-state index in [2.05, 4.69) is 5.32 Å². The fourth-order valence-corrected chi connectivity index (χ4v) is 5.66. The van der Waals surface area contributed by atoms with Crippen molar-refractivity contribution in [1.82, 2.24) is 5.32 Å². The molecule has 1 rings (SSSR count). The van der Waals surface area contributed by atoms with E-state index in [1.54, 1.807) is 0 Å². The number of aliphatic hydroxyl groups is 5. The number of rotatable bonds is 24. The van der Waals surface area contributed by atoms with E-state index in [0.29, 0.717) is 44.9 Å². The van der Waals surface area contributed by atoms with Gasteiger partial charge in [0.1, 0.15) is 36.3 Å². The highest BCUT2D eigenvalue weighted by atomic mass is 16.7. The highest BCUT2D eigenvalue weighted by molar-refractivity contribution is 5.87. The van der Waals surface area contributed by atoms with Crippen LogP contribution in [-0.2, 0) is 38.1 Å². The van der Waals surface area contributed by atoms with Gasteiger partial charge in [0.25, 0.3) is 0 Å². The summed E-state index contributed by atoms with van der Waals surface area (Å²) in [5.74, 6) is -2.95. The van der Waals surface area contributed by atoms with Gasteiger partial charge in [-0.2, -0.15) is 0 Å². The maximum Gasteiger partial charge on any atom is 0.309 e. The first-order chi connectivity index (χ1) is 22.7. The monoisotopic (exact) mass is 691 g/mol. The molecule has 0 aromatic heterocycles. The Morgan fingerprint density at radius 1 is 0.729 bits per heavy atom. The van der Waals surface area contributed by atoms with Gasteiger partial charge < -0.3 is 49.8 Å². The van der Waals surface area contributed by atoms with E-state index in [9.17, 15) is 44.7 Å². The number of esters is 2. The molecular formula is C34H61NO13. The summed E-state index contributed by atoms with van der Waals surface area (Å²) in [6.07, 6.45) is -5.88. The third-order valence-corrected chi connectivity index (χ3v) is 8.20. The average Bonchev–Trinajstić information content (AvgIpc) is 3.00.